The Labute approximate surface area is 95.6 Å². The van der Waals surface area contributed by atoms with E-state index < -0.39 is 5.97 Å². The number of methoxy groups -OCH3 is 1. The third kappa shape index (κ3) is 3.92. The first kappa shape index (κ1) is 12.5. The van der Waals surface area contributed by atoms with Crippen LogP contribution in [0.5, 0.6) is 0 Å². The van der Waals surface area contributed by atoms with Crippen molar-refractivity contribution in [1.82, 2.24) is 9.80 Å². The van der Waals surface area contributed by atoms with Gasteiger partial charge in [-0.2, -0.15) is 0 Å². The van der Waals surface area contributed by atoms with E-state index >= 15 is 0 Å². The lowest BCUT2D eigenvalue weighted by atomic mass is 10.4. The largest absolute Gasteiger partial charge is 0.466 e. The topological polar surface area (TPSA) is 49.9 Å². The van der Waals surface area contributed by atoms with Crippen LogP contribution in [0.15, 0.2) is 12.3 Å². The lowest BCUT2D eigenvalue weighted by Crippen LogP contribution is -2.35. The Morgan fingerprint density at radius 1 is 1.38 bits per heavy atom. The Hall–Kier alpha value is -1.52. The van der Waals surface area contributed by atoms with Crippen molar-refractivity contribution in [3.63, 3.8) is 0 Å². The molecule has 0 aliphatic carbocycles. The molecular weight excluding hydrogens is 208 g/mol. The zero-order valence-corrected chi connectivity index (χ0v) is 9.81. The second-order valence-electron chi connectivity index (χ2n) is 3.84. The van der Waals surface area contributed by atoms with Gasteiger partial charge in [-0.15, -0.1) is 0 Å². The highest BCUT2D eigenvalue weighted by atomic mass is 16.5. The molecule has 5 nitrogen and oxygen atoms in total. The first-order valence-corrected chi connectivity index (χ1v) is 5.37. The number of amides is 1. The van der Waals surface area contributed by atoms with Crippen LogP contribution in [0.25, 0.3) is 0 Å². The molecule has 1 amide bonds. The minimum Gasteiger partial charge on any atom is -0.466 e. The number of ether oxygens (including phenoxy) is 1. The third-order valence-electron chi connectivity index (χ3n) is 2.51. The fraction of sp³-hybridized carbons (Fsp3) is 0.636. The van der Waals surface area contributed by atoms with Crippen molar-refractivity contribution in [3.05, 3.63) is 12.3 Å². The SMILES string of the molecule is COC(=O)C=CN(C)CC(=O)N1CCCC1. The van der Waals surface area contributed by atoms with Gasteiger partial charge in [0.15, 0.2) is 0 Å². The van der Waals surface area contributed by atoms with Gasteiger partial charge in [0, 0.05) is 32.4 Å². The zero-order valence-electron chi connectivity index (χ0n) is 9.81. The van der Waals surface area contributed by atoms with E-state index in [9.17, 15) is 9.59 Å². The van der Waals surface area contributed by atoms with E-state index in [4.69, 9.17) is 0 Å². The van der Waals surface area contributed by atoms with Gasteiger partial charge >= 0.3 is 5.97 Å². The molecule has 0 atom stereocenters. The van der Waals surface area contributed by atoms with Crippen molar-refractivity contribution in [2.45, 2.75) is 12.8 Å². The summed E-state index contributed by atoms with van der Waals surface area (Å²) >= 11 is 0. The summed E-state index contributed by atoms with van der Waals surface area (Å²) < 4.78 is 4.46. The molecule has 0 saturated carbocycles. The van der Waals surface area contributed by atoms with Gasteiger partial charge in [0.2, 0.25) is 5.91 Å². The first-order chi connectivity index (χ1) is 7.63. The Bertz CT molecular complexity index is 283. The summed E-state index contributed by atoms with van der Waals surface area (Å²) in [5.41, 5.74) is 0. The highest BCUT2D eigenvalue weighted by Crippen LogP contribution is 2.07. The number of likely N-dealkylation sites (tertiary alicyclic amines) is 1. The van der Waals surface area contributed by atoms with Gasteiger partial charge in [0.1, 0.15) is 0 Å². The Morgan fingerprint density at radius 2 is 2.00 bits per heavy atom. The number of nitrogens with zero attached hydrogens (tertiary/aromatic N) is 2. The molecule has 16 heavy (non-hydrogen) atoms. The molecular formula is C11H18N2O3. The van der Waals surface area contributed by atoms with Gasteiger partial charge in [0.05, 0.1) is 13.7 Å². The summed E-state index contributed by atoms with van der Waals surface area (Å²) in [7, 11) is 3.08. The molecule has 0 bridgehead atoms. The van der Waals surface area contributed by atoms with Crippen molar-refractivity contribution in [1.29, 1.82) is 0 Å². The fourth-order valence-electron chi connectivity index (χ4n) is 1.59. The molecule has 0 aromatic carbocycles. The highest BCUT2D eigenvalue weighted by molar-refractivity contribution is 5.82. The normalized spacial score (nSPS) is 15.5. The molecule has 1 fully saturated rings. The maximum Gasteiger partial charge on any atom is 0.331 e. The van der Waals surface area contributed by atoms with Crippen LogP contribution in [-0.2, 0) is 14.3 Å². The van der Waals surface area contributed by atoms with Crippen molar-refractivity contribution in [3.8, 4) is 0 Å². The van der Waals surface area contributed by atoms with Crippen LogP contribution >= 0.6 is 0 Å². The molecule has 1 saturated heterocycles. The van der Waals surface area contributed by atoms with E-state index in [1.165, 1.54) is 13.2 Å². The Morgan fingerprint density at radius 3 is 2.56 bits per heavy atom. The van der Waals surface area contributed by atoms with Gasteiger partial charge < -0.3 is 14.5 Å². The number of esters is 1. The lowest BCUT2D eigenvalue weighted by molar-refractivity contribution is -0.135. The van der Waals surface area contributed by atoms with E-state index in [0.29, 0.717) is 6.54 Å². The van der Waals surface area contributed by atoms with E-state index in [1.54, 1.807) is 18.1 Å². The van der Waals surface area contributed by atoms with E-state index in [0.717, 1.165) is 25.9 Å². The fourth-order valence-corrected chi connectivity index (χ4v) is 1.59. The van der Waals surface area contributed by atoms with Crippen LogP contribution in [0.4, 0.5) is 0 Å². The molecule has 1 heterocycles. The number of carbonyl (C=O) groups is 2. The molecule has 0 unspecified atom stereocenters. The third-order valence-corrected chi connectivity index (χ3v) is 2.51. The zero-order chi connectivity index (χ0) is 12.0. The minimum absolute atomic E-state index is 0.106. The summed E-state index contributed by atoms with van der Waals surface area (Å²) in [5.74, 6) is -0.310. The van der Waals surface area contributed by atoms with Crippen LogP contribution in [0, 0.1) is 0 Å². The van der Waals surface area contributed by atoms with Crippen LogP contribution in [0.1, 0.15) is 12.8 Å². The van der Waals surface area contributed by atoms with Gasteiger partial charge in [-0.05, 0) is 12.8 Å². The molecule has 5 heteroatoms. The average Bonchev–Trinajstić information content (AvgIpc) is 2.79. The summed E-state index contributed by atoms with van der Waals surface area (Å²) in [6, 6.07) is 0. The molecule has 0 aromatic heterocycles. The molecule has 90 valence electrons. The first-order valence-electron chi connectivity index (χ1n) is 5.37. The molecule has 0 radical (unpaired) electrons. The molecule has 1 rings (SSSR count). The Kier molecular flexibility index (Phi) is 4.82. The molecule has 1 aliphatic rings. The minimum atomic E-state index is -0.416. The number of carbonyl (C=O) groups excluding carboxylic acids is 2. The second-order valence-corrected chi connectivity index (χ2v) is 3.84. The number of rotatable bonds is 4. The summed E-state index contributed by atoms with van der Waals surface area (Å²) in [5, 5.41) is 0. The number of likely N-dealkylation sites (N-methyl/N-ethyl adjacent to an activating group) is 1. The predicted octanol–water partition coefficient (Wildman–Crippen LogP) is 0.227. The van der Waals surface area contributed by atoms with Crippen molar-refractivity contribution in [2.24, 2.45) is 0 Å². The van der Waals surface area contributed by atoms with E-state index in [1.807, 2.05) is 4.90 Å². The van der Waals surface area contributed by atoms with Crippen molar-refractivity contribution >= 4 is 11.9 Å². The number of hydrogen-bond acceptors (Lipinski definition) is 4. The van der Waals surface area contributed by atoms with E-state index in [2.05, 4.69) is 4.74 Å². The smallest absolute Gasteiger partial charge is 0.331 e. The van der Waals surface area contributed by atoms with Crippen molar-refractivity contribution in [2.75, 3.05) is 33.8 Å². The van der Waals surface area contributed by atoms with Gasteiger partial charge in [0.25, 0.3) is 0 Å². The van der Waals surface area contributed by atoms with Gasteiger partial charge in [-0.25, -0.2) is 4.79 Å². The highest BCUT2D eigenvalue weighted by Gasteiger charge is 2.18. The quantitative estimate of drug-likeness (QED) is 0.508. The van der Waals surface area contributed by atoms with Crippen LogP contribution < -0.4 is 0 Å². The predicted molar refractivity (Wildman–Crippen MR) is 59.6 cm³/mol. The summed E-state index contributed by atoms with van der Waals surface area (Å²) in [6.07, 6.45) is 5.04. The Balaban J connectivity index is 2.32. The van der Waals surface area contributed by atoms with Crippen LogP contribution in [0.2, 0.25) is 0 Å². The standard InChI is InChI=1S/C11H18N2O3/c1-12(8-5-11(15)16-2)9-10(14)13-6-3-4-7-13/h5,8H,3-4,6-7,9H2,1-2H3. The van der Waals surface area contributed by atoms with Crippen LogP contribution in [0.3, 0.4) is 0 Å². The maximum atomic E-state index is 11.7. The maximum absolute atomic E-state index is 11.7. The van der Waals surface area contributed by atoms with Gasteiger partial charge in [-0.1, -0.05) is 0 Å². The summed E-state index contributed by atoms with van der Waals surface area (Å²) in [4.78, 5) is 26.1. The number of hydrogen-bond donors (Lipinski definition) is 0. The average molecular weight is 226 g/mol. The second kappa shape index (κ2) is 6.15. The summed E-state index contributed by atoms with van der Waals surface area (Å²) in [6.45, 7) is 2.01. The van der Waals surface area contributed by atoms with Crippen LogP contribution in [-0.4, -0.2) is 55.5 Å². The monoisotopic (exact) mass is 226 g/mol. The van der Waals surface area contributed by atoms with Crippen molar-refractivity contribution < 1.29 is 14.3 Å². The molecule has 1 aliphatic heterocycles. The molecule has 0 spiro atoms. The molecule has 0 aromatic rings. The van der Waals surface area contributed by atoms with E-state index in [-0.39, 0.29) is 5.91 Å². The van der Waals surface area contributed by atoms with Gasteiger partial charge in [-0.3, -0.25) is 4.79 Å². The lowest BCUT2D eigenvalue weighted by Gasteiger charge is -2.19. The molecule has 0 N–H and O–H groups in total.